The SMILES string of the molecule is CCn1c(NNC(=O)c2sc(-c3ccccc3)nc2-c2ccccc2)nc2ccccc2c1=O. The van der Waals surface area contributed by atoms with Crippen molar-refractivity contribution in [2.24, 2.45) is 0 Å². The van der Waals surface area contributed by atoms with Gasteiger partial charge in [0.05, 0.1) is 16.6 Å². The summed E-state index contributed by atoms with van der Waals surface area (Å²) < 4.78 is 1.49. The molecule has 5 rings (SSSR count). The number of anilines is 1. The molecule has 2 aromatic heterocycles. The standard InChI is InChI=1S/C26H21N5O2S/c1-2-31-25(33)19-15-9-10-16-20(19)27-26(31)30-29-23(32)22-21(17-11-5-3-6-12-17)28-24(34-22)18-13-7-4-8-14-18/h3-16H,2H2,1H3,(H,27,30)(H,29,32). The van der Waals surface area contributed by atoms with E-state index in [4.69, 9.17) is 4.98 Å². The maximum absolute atomic E-state index is 13.3. The van der Waals surface area contributed by atoms with Crippen molar-refractivity contribution in [2.75, 3.05) is 5.43 Å². The summed E-state index contributed by atoms with van der Waals surface area (Å²) >= 11 is 1.31. The van der Waals surface area contributed by atoms with Crippen LogP contribution in [0.5, 0.6) is 0 Å². The van der Waals surface area contributed by atoms with Crippen LogP contribution in [0.3, 0.4) is 0 Å². The molecular formula is C26H21N5O2S. The Morgan fingerprint density at radius 2 is 1.53 bits per heavy atom. The minimum absolute atomic E-state index is 0.168. The Morgan fingerprint density at radius 3 is 2.24 bits per heavy atom. The number of benzene rings is 3. The summed E-state index contributed by atoms with van der Waals surface area (Å²) in [4.78, 5) is 35.9. The van der Waals surface area contributed by atoms with Crippen molar-refractivity contribution in [3.8, 4) is 21.8 Å². The highest BCUT2D eigenvalue weighted by molar-refractivity contribution is 7.17. The molecule has 5 aromatic rings. The van der Waals surface area contributed by atoms with Crippen LogP contribution in [0.1, 0.15) is 16.6 Å². The molecule has 0 spiro atoms. The normalized spacial score (nSPS) is 10.9. The van der Waals surface area contributed by atoms with E-state index < -0.39 is 0 Å². The van der Waals surface area contributed by atoms with Crippen LogP contribution in [0.15, 0.2) is 89.7 Å². The smallest absolute Gasteiger partial charge is 0.277 e. The molecule has 2 N–H and O–H groups in total. The lowest BCUT2D eigenvalue weighted by atomic mass is 10.1. The van der Waals surface area contributed by atoms with Gasteiger partial charge < -0.3 is 0 Å². The molecule has 0 bridgehead atoms. The number of amides is 1. The first-order chi connectivity index (χ1) is 16.7. The minimum atomic E-state index is -0.358. The number of para-hydroxylation sites is 1. The number of nitrogens with zero attached hydrogens (tertiary/aromatic N) is 3. The van der Waals surface area contributed by atoms with Crippen LogP contribution in [0.25, 0.3) is 32.7 Å². The molecule has 0 radical (unpaired) electrons. The number of carbonyl (C=O) groups is 1. The van der Waals surface area contributed by atoms with Crippen LogP contribution in [-0.4, -0.2) is 20.4 Å². The molecular weight excluding hydrogens is 446 g/mol. The van der Waals surface area contributed by atoms with Crippen molar-refractivity contribution in [2.45, 2.75) is 13.5 Å². The number of carbonyl (C=O) groups excluding carboxylic acids is 1. The molecule has 0 fully saturated rings. The maximum Gasteiger partial charge on any atom is 0.282 e. The summed E-state index contributed by atoms with van der Waals surface area (Å²) in [5, 5.41) is 1.28. The largest absolute Gasteiger partial charge is 0.282 e. The molecule has 0 aliphatic rings. The average Bonchev–Trinajstić information content (AvgIpc) is 3.34. The Balaban J connectivity index is 1.50. The van der Waals surface area contributed by atoms with Crippen LogP contribution in [0.2, 0.25) is 0 Å². The fourth-order valence-corrected chi connectivity index (χ4v) is 4.68. The van der Waals surface area contributed by atoms with E-state index in [2.05, 4.69) is 15.8 Å². The van der Waals surface area contributed by atoms with Gasteiger partial charge in [-0.05, 0) is 19.1 Å². The molecule has 0 aliphatic carbocycles. The Hall–Kier alpha value is -4.30. The van der Waals surface area contributed by atoms with Crippen LogP contribution in [0.4, 0.5) is 5.95 Å². The quantitative estimate of drug-likeness (QED) is 0.345. The summed E-state index contributed by atoms with van der Waals surface area (Å²) in [6, 6.07) is 26.5. The van der Waals surface area contributed by atoms with Gasteiger partial charge >= 0.3 is 0 Å². The minimum Gasteiger partial charge on any atom is -0.277 e. The lowest BCUT2D eigenvalue weighted by Gasteiger charge is -2.14. The van der Waals surface area contributed by atoms with E-state index in [-0.39, 0.29) is 17.4 Å². The number of aromatic nitrogens is 3. The van der Waals surface area contributed by atoms with Crippen molar-refractivity contribution in [1.82, 2.24) is 20.0 Å². The highest BCUT2D eigenvalue weighted by Crippen LogP contribution is 2.33. The third kappa shape index (κ3) is 4.06. The van der Waals surface area contributed by atoms with Crippen molar-refractivity contribution >= 4 is 34.1 Å². The van der Waals surface area contributed by atoms with Gasteiger partial charge in [-0.15, -0.1) is 11.3 Å². The number of fused-ring (bicyclic) bond motifs is 1. The van der Waals surface area contributed by atoms with Crippen LogP contribution in [0, 0.1) is 0 Å². The van der Waals surface area contributed by atoms with Crippen LogP contribution >= 0.6 is 11.3 Å². The zero-order chi connectivity index (χ0) is 23.5. The van der Waals surface area contributed by atoms with Crippen LogP contribution < -0.4 is 16.4 Å². The topological polar surface area (TPSA) is 88.9 Å². The number of hydrazine groups is 1. The Morgan fingerprint density at radius 1 is 0.882 bits per heavy atom. The zero-order valence-corrected chi connectivity index (χ0v) is 19.2. The van der Waals surface area contributed by atoms with Gasteiger partial charge in [0.2, 0.25) is 5.95 Å². The fraction of sp³-hybridized carbons (Fsp3) is 0.0769. The molecule has 1 amide bonds. The number of rotatable bonds is 6. The lowest BCUT2D eigenvalue weighted by molar-refractivity contribution is 0.0966. The molecule has 7 nitrogen and oxygen atoms in total. The number of nitrogens with one attached hydrogen (secondary N) is 2. The van der Waals surface area contributed by atoms with Crippen molar-refractivity contribution in [1.29, 1.82) is 0 Å². The molecule has 3 aromatic carbocycles. The first-order valence-electron chi connectivity index (χ1n) is 10.8. The summed E-state index contributed by atoms with van der Waals surface area (Å²) in [6.07, 6.45) is 0. The van der Waals surface area contributed by atoms with Crippen molar-refractivity contribution < 1.29 is 4.79 Å². The van der Waals surface area contributed by atoms with Gasteiger partial charge in [-0.1, -0.05) is 72.8 Å². The highest BCUT2D eigenvalue weighted by atomic mass is 32.1. The third-order valence-electron chi connectivity index (χ3n) is 5.37. The summed E-state index contributed by atoms with van der Waals surface area (Å²) in [5.41, 5.74) is 8.35. The van der Waals surface area contributed by atoms with E-state index >= 15 is 0 Å². The second-order valence-electron chi connectivity index (χ2n) is 7.51. The number of thiazole rings is 1. The predicted molar refractivity (Wildman–Crippen MR) is 136 cm³/mol. The second kappa shape index (κ2) is 9.29. The second-order valence-corrected chi connectivity index (χ2v) is 8.51. The van der Waals surface area contributed by atoms with E-state index in [1.165, 1.54) is 15.9 Å². The molecule has 2 heterocycles. The lowest BCUT2D eigenvalue weighted by Crippen LogP contribution is -2.34. The van der Waals surface area contributed by atoms with Gasteiger partial charge in [0.25, 0.3) is 11.5 Å². The van der Waals surface area contributed by atoms with Gasteiger partial charge in [0.15, 0.2) is 0 Å². The summed E-state index contributed by atoms with van der Waals surface area (Å²) in [6.45, 7) is 2.26. The Bertz CT molecular complexity index is 1530. The highest BCUT2D eigenvalue weighted by Gasteiger charge is 2.21. The van der Waals surface area contributed by atoms with Gasteiger partial charge in [0, 0.05) is 17.7 Å². The number of hydrogen-bond acceptors (Lipinski definition) is 6. The van der Waals surface area contributed by atoms with E-state index in [1.54, 1.807) is 18.2 Å². The van der Waals surface area contributed by atoms with Crippen LogP contribution in [-0.2, 0) is 6.54 Å². The zero-order valence-electron chi connectivity index (χ0n) is 18.4. The predicted octanol–water partition coefficient (Wildman–Crippen LogP) is 4.96. The Labute approximate surface area is 199 Å². The summed E-state index contributed by atoms with van der Waals surface area (Å²) in [5.74, 6) is -0.0859. The van der Waals surface area contributed by atoms with E-state index in [9.17, 15) is 9.59 Å². The van der Waals surface area contributed by atoms with Gasteiger partial charge in [0.1, 0.15) is 9.88 Å². The molecule has 168 valence electrons. The number of hydrogen-bond donors (Lipinski definition) is 2. The summed E-state index contributed by atoms with van der Waals surface area (Å²) in [7, 11) is 0. The van der Waals surface area contributed by atoms with Gasteiger partial charge in [-0.2, -0.15) is 0 Å². The van der Waals surface area contributed by atoms with E-state index in [0.717, 1.165) is 16.1 Å². The molecule has 34 heavy (non-hydrogen) atoms. The monoisotopic (exact) mass is 467 g/mol. The average molecular weight is 468 g/mol. The maximum atomic E-state index is 13.3. The first kappa shape index (κ1) is 21.5. The molecule has 0 atom stereocenters. The van der Waals surface area contributed by atoms with Crippen molar-refractivity contribution in [3.05, 3.63) is 100 Å². The molecule has 8 heteroatoms. The molecule has 0 saturated heterocycles. The van der Waals surface area contributed by atoms with Gasteiger partial charge in [-0.3, -0.25) is 25.0 Å². The molecule has 0 saturated carbocycles. The first-order valence-corrected chi connectivity index (χ1v) is 11.6. The third-order valence-corrected chi connectivity index (χ3v) is 6.47. The van der Waals surface area contributed by atoms with Crippen molar-refractivity contribution in [3.63, 3.8) is 0 Å². The van der Waals surface area contributed by atoms with Gasteiger partial charge in [-0.25, -0.2) is 9.97 Å². The molecule has 0 aliphatic heterocycles. The van der Waals surface area contributed by atoms with E-state index in [1.807, 2.05) is 73.7 Å². The fourth-order valence-electron chi connectivity index (χ4n) is 3.70. The van der Waals surface area contributed by atoms with E-state index in [0.29, 0.717) is 28.0 Å². The Kier molecular flexibility index (Phi) is 5.88. The molecule has 0 unspecified atom stereocenters.